The van der Waals surface area contributed by atoms with Gasteiger partial charge in [0.1, 0.15) is 0 Å². The maximum Gasteiger partial charge on any atom is 0.0371 e. The molecule has 1 fully saturated rings. The molecule has 0 N–H and O–H groups in total. The molecule has 1 heteroatoms. The van der Waals surface area contributed by atoms with Crippen molar-refractivity contribution in [3.63, 3.8) is 0 Å². The summed E-state index contributed by atoms with van der Waals surface area (Å²) in [6, 6.07) is 9.55. The summed E-state index contributed by atoms with van der Waals surface area (Å²) >= 11 is 0. The maximum absolute atomic E-state index is 2.56. The molecule has 2 atom stereocenters. The van der Waals surface area contributed by atoms with Crippen LogP contribution < -0.4 is 4.90 Å². The second-order valence-corrected chi connectivity index (χ2v) is 4.89. The monoisotopic (exact) mass is 203 g/mol. The number of anilines is 1. The first-order valence-electron chi connectivity index (χ1n) is 6.02. The fourth-order valence-electron chi connectivity index (χ4n) is 2.51. The Bertz CT molecular complexity index is 332. The Morgan fingerprint density at radius 3 is 2.80 bits per heavy atom. The zero-order valence-electron chi connectivity index (χ0n) is 10.0. The molecule has 1 aliphatic rings. The van der Waals surface area contributed by atoms with E-state index in [1.54, 1.807) is 0 Å². The molecule has 0 amide bonds. The van der Waals surface area contributed by atoms with E-state index in [1.165, 1.54) is 30.6 Å². The van der Waals surface area contributed by atoms with Crippen LogP contribution in [-0.4, -0.2) is 12.6 Å². The van der Waals surface area contributed by atoms with Crippen LogP contribution in [0.4, 0.5) is 5.69 Å². The third-order valence-electron chi connectivity index (χ3n) is 3.71. The molecular weight excluding hydrogens is 182 g/mol. The molecule has 1 aliphatic heterocycles. The lowest BCUT2D eigenvalue weighted by atomic mass is 9.91. The van der Waals surface area contributed by atoms with Crippen molar-refractivity contribution in [3.05, 3.63) is 29.8 Å². The Morgan fingerprint density at radius 1 is 1.27 bits per heavy atom. The number of aryl methyl sites for hydroxylation is 1. The summed E-state index contributed by atoms with van der Waals surface area (Å²) < 4.78 is 0. The first kappa shape index (κ1) is 10.5. The summed E-state index contributed by atoms with van der Waals surface area (Å²) in [5.41, 5.74) is 2.76. The highest BCUT2D eigenvalue weighted by molar-refractivity contribution is 5.49. The molecule has 0 bridgehead atoms. The largest absolute Gasteiger partial charge is 0.369 e. The molecule has 82 valence electrons. The Labute approximate surface area is 93.1 Å². The first-order valence-corrected chi connectivity index (χ1v) is 6.02. The van der Waals surface area contributed by atoms with Gasteiger partial charge in [0.15, 0.2) is 0 Å². The highest BCUT2D eigenvalue weighted by atomic mass is 15.2. The summed E-state index contributed by atoms with van der Waals surface area (Å²) in [5.74, 6) is 0.819. The van der Waals surface area contributed by atoms with Gasteiger partial charge < -0.3 is 4.90 Å². The summed E-state index contributed by atoms with van der Waals surface area (Å²) in [6.07, 6.45) is 2.71. The second kappa shape index (κ2) is 4.26. The van der Waals surface area contributed by atoms with Gasteiger partial charge in [0, 0.05) is 18.3 Å². The lowest BCUT2D eigenvalue weighted by Crippen LogP contribution is -2.42. The van der Waals surface area contributed by atoms with Gasteiger partial charge in [0.2, 0.25) is 0 Å². The zero-order valence-corrected chi connectivity index (χ0v) is 10.0. The smallest absolute Gasteiger partial charge is 0.0371 e. The Balaban J connectivity index is 2.22. The average Bonchev–Trinajstić information content (AvgIpc) is 2.22. The molecule has 0 spiro atoms. The second-order valence-electron chi connectivity index (χ2n) is 4.89. The number of rotatable bonds is 1. The highest BCUT2D eigenvalue weighted by Gasteiger charge is 2.24. The number of hydrogen-bond donors (Lipinski definition) is 0. The van der Waals surface area contributed by atoms with E-state index in [1.807, 2.05) is 0 Å². The van der Waals surface area contributed by atoms with Crippen LogP contribution >= 0.6 is 0 Å². The molecule has 2 unspecified atom stereocenters. The third-order valence-corrected chi connectivity index (χ3v) is 3.71. The van der Waals surface area contributed by atoms with Crippen molar-refractivity contribution >= 4 is 5.69 Å². The summed E-state index contributed by atoms with van der Waals surface area (Å²) in [5, 5.41) is 0. The van der Waals surface area contributed by atoms with Crippen molar-refractivity contribution in [2.45, 2.75) is 39.7 Å². The van der Waals surface area contributed by atoms with Crippen molar-refractivity contribution < 1.29 is 0 Å². The van der Waals surface area contributed by atoms with Gasteiger partial charge in [-0.15, -0.1) is 0 Å². The average molecular weight is 203 g/mol. The lowest BCUT2D eigenvalue weighted by Gasteiger charge is -2.39. The lowest BCUT2D eigenvalue weighted by molar-refractivity contribution is 0.363. The maximum atomic E-state index is 2.56. The third kappa shape index (κ3) is 2.17. The van der Waals surface area contributed by atoms with E-state index in [4.69, 9.17) is 0 Å². The summed E-state index contributed by atoms with van der Waals surface area (Å²) in [6.45, 7) is 8.11. The fourth-order valence-corrected chi connectivity index (χ4v) is 2.51. The summed E-state index contributed by atoms with van der Waals surface area (Å²) in [7, 11) is 0. The van der Waals surface area contributed by atoms with Crippen molar-refractivity contribution in [1.82, 2.24) is 0 Å². The number of hydrogen-bond acceptors (Lipinski definition) is 1. The van der Waals surface area contributed by atoms with Gasteiger partial charge in [-0.05, 0) is 50.3 Å². The Hall–Kier alpha value is -0.980. The van der Waals surface area contributed by atoms with E-state index in [0.717, 1.165) is 5.92 Å². The van der Waals surface area contributed by atoms with Crippen molar-refractivity contribution in [3.8, 4) is 0 Å². The number of benzene rings is 1. The molecule has 1 saturated heterocycles. The van der Waals surface area contributed by atoms with Gasteiger partial charge in [-0.2, -0.15) is 0 Å². The molecule has 0 aromatic heterocycles. The van der Waals surface area contributed by atoms with Crippen LogP contribution in [0.1, 0.15) is 32.3 Å². The van der Waals surface area contributed by atoms with Gasteiger partial charge in [0.05, 0.1) is 0 Å². The van der Waals surface area contributed by atoms with Crippen LogP contribution in [0, 0.1) is 12.8 Å². The van der Waals surface area contributed by atoms with E-state index >= 15 is 0 Å². The minimum atomic E-state index is 0.681. The van der Waals surface area contributed by atoms with Crippen LogP contribution in [0.3, 0.4) is 0 Å². The van der Waals surface area contributed by atoms with Crippen LogP contribution in [0.15, 0.2) is 24.3 Å². The molecular formula is C14H21N. The quantitative estimate of drug-likeness (QED) is 0.674. The Morgan fingerprint density at radius 2 is 2.07 bits per heavy atom. The molecule has 2 rings (SSSR count). The van der Waals surface area contributed by atoms with Gasteiger partial charge in [0.25, 0.3) is 0 Å². The van der Waals surface area contributed by atoms with Crippen molar-refractivity contribution in [1.29, 1.82) is 0 Å². The molecule has 1 aromatic rings. The molecule has 0 saturated carbocycles. The minimum absolute atomic E-state index is 0.681. The standard InChI is InChI=1S/C14H21N/c1-11-6-4-8-14(10-11)15-9-5-7-12(2)13(15)3/h4,6,8,10,12-13H,5,7,9H2,1-3H3. The predicted molar refractivity (Wildman–Crippen MR) is 66.4 cm³/mol. The number of nitrogens with zero attached hydrogens (tertiary/aromatic N) is 1. The fraction of sp³-hybridized carbons (Fsp3) is 0.571. The van der Waals surface area contributed by atoms with Crippen LogP contribution in [-0.2, 0) is 0 Å². The molecule has 0 radical (unpaired) electrons. The highest BCUT2D eigenvalue weighted by Crippen LogP contribution is 2.28. The molecule has 1 aromatic carbocycles. The molecule has 1 nitrogen and oxygen atoms in total. The predicted octanol–water partition coefficient (Wildman–Crippen LogP) is 3.62. The van der Waals surface area contributed by atoms with E-state index in [0.29, 0.717) is 6.04 Å². The minimum Gasteiger partial charge on any atom is -0.369 e. The molecule has 1 heterocycles. The molecule has 0 aliphatic carbocycles. The van der Waals surface area contributed by atoms with Gasteiger partial charge in [-0.3, -0.25) is 0 Å². The SMILES string of the molecule is Cc1cccc(N2CCCC(C)C2C)c1. The van der Waals surface area contributed by atoms with Crippen molar-refractivity contribution in [2.75, 3.05) is 11.4 Å². The van der Waals surface area contributed by atoms with Gasteiger partial charge in [-0.1, -0.05) is 19.1 Å². The van der Waals surface area contributed by atoms with Gasteiger partial charge >= 0.3 is 0 Å². The van der Waals surface area contributed by atoms with Crippen molar-refractivity contribution in [2.24, 2.45) is 5.92 Å². The molecule has 15 heavy (non-hydrogen) atoms. The van der Waals surface area contributed by atoms with E-state index in [9.17, 15) is 0 Å². The Kier molecular flexibility index (Phi) is 2.99. The van der Waals surface area contributed by atoms with E-state index < -0.39 is 0 Å². The van der Waals surface area contributed by atoms with Gasteiger partial charge in [-0.25, -0.2) is 0 Å². The van der Waals surface area contributed by atoms with Crippen LogP contribution in [0.2, 0.25) is 0 Å². The first-order chi connectivity index (χ1) is 7.18. The zero-order chi connectivity index (χ0) is 10.8. The van der Waals surface area contributed by atoms with Crippen LogP contribution in [0.25, 0.3) is 0 Å². The van der Waals surface area contributed by atoms with E-state index in [2.05, 4.69) is 49.9 Å². The van der Waals surface area contributed by atoms with Crippen LogP contribution in [0.5, 0.6) is 0 Å². The number of piperidine rings is 1. The van der Waals surface area contributed by atoms with E-state index in [-0.39, 0.29) is 0 Å². The topological polar surface area (TPSA) is 3.24 Å². The normalized spacial score (nSPS) is 26.7. The summed E-state index contributed by atoms with van der Waals surface area (Å²) in [4.78, 5) is 2.56.